The summed E-state index contributed by atoms with van der Waals surface area (Å²) in [7, 11) is -3.70. The molecule has 140 valence electrons. The number of hydrogen-bond donors (Lipinski definition) is 2. The molecule has 0 aromatic heterocycles. The van der Waals surface area contributed by atoms with Gasteiger partial charge >= 0.3 is 0 Å². The van der Waals surface area contributed by atoms with E-state index in [1.807, 2.05) is 26.0 Å². The van der Waals surface area contributed by atoms with Crippen LogP contribution in [0, 0.1) is 0 Å². The first kappa shape index (κ1) is 20.2. The Morgan fingerprint density at radius 1 is 1.15 bits per heavy atom. The van der Waals surface area contributed by atoms with E-state index in [1.165, 1.54) is 12.1 Å². The summed E-state index contributed by atoms with van der Waals surface area (Å²) in [6.45, 7) is 4.85. The molecule has 2 aromatic rings. The van der Waals surface area contributed by atoms with E-state index in [4.69, 9.17) is 14.6 Å². The maximum absolute atomic E-state index is 11.2. The van der Waals surface area contributed by atoms with Gasteiger partial charge in [0.1, 0.15) is 0 Å². The molecule has 0 amide bonds. The number of rotatable bonds is 8. The van der Waals surface area contributed by atoms with E-state index in [1.54, 1.807) is 18.3 Å². The van der Waals surface area contributed by atoms with Crippen LogP contribution in [-0.2, 0) is 10.0 Å². The molecule has 0 spiro atoms. The molecule has 3 N–H and O–H groups in total. The van der Waals surface area contributed by atoms with Crippen molar-refractivity contribution in [3.05, 3.63) is 46.4 Å². The van der Waals surface area contributed by atoms with Gasteiger partial charge in [-0.1, -0.05) is 0 Å². The Balaban J connectivity index is 2.14. The predicted molar refractivity (Wildman–Crippen MR) is 106 cm³/mol. The summed E-state index contributed by atoms with van der Waals surface area (Å²) in [5.74, 6) is 1.28. The molecular formula is C17H20BrN3O4S. The van der Waals surface area contributed by atoms with Gasteiger partial charge in [0.25, 0.3) is 0 Å². The molecule has 0 saturated carbocycles. The molecule has 0 unspecified atom stereocenters. The Morgan fingerprint density at radius 2 is 1.81 bits per heavy atom. The van der Waals surface area contributed by atoms with Gasteiger partial charge in [-0.15, -0.1) is 0 Å². The molecule has 0 radical (unpaired) electrons. The lowest BCUT2D eigenvalue weighted by Crippen LogP contribution is -2.11. The quantitative estimate of drug-likeness (QED) is 0.482. The highest BCUT2D eigenvalue weighted by molar-refractivity contribution is 9.10. The van der Waals surface area contributed by atoms with Gasteiger partial charge in [-0.2, -0.15) is 5.10 Å². The minimum Gasteiger partial charge on any atom is -0.490 e. The molecule has 0 fully saturated rings. The van der Waals surface area contributed by atoms with Crippen molar-refractivity contribution in [1.29, 1.82) is 0 Å². The number of hydrogen-bond acceptors (Lipinski definition) is 6. The van der Waals surface area contributed by atoms with Crippen LogP contribution in [-0.4, -0.2) is 27.8 Å². The lowest BCUT2D eigenvalue weighted by atomic mass is 10.2. The van der Waals surface area contributed by atoms with Gasteiger partial charge in [-0.3, -0.25) is 5.43 Å². The van der Waals surface area contributed by atoms with Gasteiger partial charge in [-0.25, -0.2) is 13.6 Å². The van der Waals surface area contributed by atoms with Crippen LogP contribution in [0.25, 0.3) is 0 Å². The van der Waals surface area contributed by atoms with E-state index in [-0.39, 0.29) is 4.90 Å². The number of anilines is 1. The van der Waals surface area contributed by atoms with Gasteiger partial charge in [0.15, 0.2) is 11.5 Å². The van der Waals surface area contributed by atoms with Crippen LogP contribution in [0.1, 0.15) is 19.4 Å². The molecule has 0 aliphatic rings. The third-order valence-electron chi connectivity index (χ3n) is 3.21. The first-order valence-electron chi connectivity index (χ1n) is 7.86. The smallest absolute Gasteiger partial charge is 0.238 e. The fourth-order valence-electron chi connectivity index (χ4n) is 2.11. The van der Waals surface area contributed by atoms with E-state index in [9.17, 15) is 8.42 Å². The van der Waals surface area contributed by atoms with Crippen LogP contribution in [0.3, 0.4) is 0 Å². The molecule has 0 saturated heterocycles. The number of nitrogens with zero attached hydrogens (tertiary/aromatic N) is 1. The minimum absolute atomic E-state index is 0.0452. The maximum atomic E-state index is 11.2. The SMILES string of the molecule is CCOc1cc(C=NNc2ccc(S(N)(=O)=O)cc2)cc(Br)c1OCC. The zero-order valence-corrected chi connectivity index (χ0v) is 16.8. The molecule has 0 heterocycles. The van der Waals surface area contributed by atoms with Gasteiger partial charge in [0, 0.05) is 0 Å². The second kappa shape index (κ2) is 9.02. The number of halogens is 1. The second-order valence-electron chi connectivity index (χ2n) is 5.14. The Bertz CT molecular complexity index is 884. The number of benzene rings is 2. The zero-order chi connectivity index (χ0) is 19.2. The summed E-state index contributed by atoms with van der Waals surface area (Å²) >= 11 is 3.48. The molecule has 7 nitrogen and oxygen atoms in total. The minimum atomic E-state index is -3.70. The van der Waals surface area contributed by atoms with Crippen LogP contribution < -0.4 is 20.0 Å². The molecule has 0 aliphatic carbocycles. The number of hydrazone groups is 1. The Hall–Kier alpha value is -2.10. The van der Waals surface area contributed by atoms with E-state index >= 15 is 0 Å². The summed E-state index contributed by atoms with van der Waals surface area (Å²) in [6.07, 6.45) is 1.62. The third-order valence-corrected chi connectivity index (χ3v) is 4.73. The van der Waals surface area contributed by atoms with Crippen molar-refractivity contribution in [2.24, 2.45) is 10.2 Å². The summed E-state index contributed by atoms with van der Waals surface area (Å²) in [5, 5.41) is 9.21. The Labute approximate surface area is 161 Å². The average molecular weight is 442 g/mol. The summed E-state index contributed by atoms with van der Waals surface area (Å²) < 4.78 is 34.5. The second-order valence-corrected chi connectivity index (χ2v) is 7.55. The summed E-state index contributed by atoms with van der Waals surface area (Å²) in [4.78, 5) is 0.0452. The molecule has 26 heavy (non-hydrogen) atoms. The number of sulfonamides is 1. The first-order chi connectivity index (χ1) is 12.3. The lowest BCUT2D eigenvalue weighted by molar-refractivity contribution is 0.286. The molecular weight excluding hydrogens is 422 g/mol. The Kier molecular flexibility index (Phi) is 7.01. The fourth-order valence-corrected chi connectivity index (χ4v) is 3.20. The van der Waals surface area contributed by atoms with Crippen molar-refractivity contribution in [2.75, 3.05) is 18.6 Å². The molecule has 2 rings (SSSR count). The van der Waals surface area contributed by atoms with Crippen molar-refractivity contribution in [1.82, 2.24) is 0 Å². The van der Waals surface area contributed by atoms with Crippen LogP contribution in [0.15, 0.2) is 50.9 Å². The lowest BCUT2D eigenvalue weighted by Gasteiger charge is -2.13. The van der Waals surface area contributed by atoms with Crippen molar-refractivity contribution in [2.45, 2.75) is 18.7 Å². The molecule has 0 aliphatic heterocycles. The van der Waals surface area contributed by atoms with Crippen LogP contribution in [0.4, 0.5) is 5.69 Å². The average Bonchev–Trinajstić information content (AvgIpc) is 2.58. The monoisotopic (exact) mass is 441 g/mol. The third kappa shape index (κ3) is 5.45. The largest absolute Gasteiger partial charge is 0.490 e. The van der Waals surface area contributed by atoms with Gasteiger partial charge < -0.3 is 9.47 Å². The van der Waals surface area contributed by atoms with E-state index in [2.05, 4.69) is 26.5 Å². The number of primary sulfonamides is 1. The highest BCUT2D eigenvalue weighted by atomic mass is 79.9. The van der Waals surface area contributed by atoms with E-state index in [0.717, 1.165) is 10.0 Å². The topological polar surface area (TPSA) is 103 Å². The molecule has 0 bridgehead atoms. The molecule has 9 heteroatoms. The Morgan fingerprint density at radius 3 is 2.38 bits per heavy atom. The summed E-state index contributed by atoms with van der Waals surface area (Å²) in [6, 6.07) is 9.67. The maximum Gasteiger partial charge on any atom is 0.238 e. The highest BCUT2D eigenvalue weighted by Gasteiger charge is 2.11. The molecule has 0 atom stereocenters. The summed E-state index contributed by atoms with van der Waals surface area (Å²) in [5.41, 5.74) is 4.26. The number of nitrogens with one attached hydrogen (secondary N) is 1. The van der Waals surface area contributed by atoms with Crippen LogP contribution in [0.2, 0.25) is 0 Å². The number of ether oxygens (including phenoxy) is 2. The van der Waals surface area contributed by atoms with E-state index < -0.39 is 10.0 Å². The van der Waals surface area contributed by atoms with E-state index in [0.29, 0.717) is 30.4 Å². The normalized spacial score (nSPS) is 11.5. The van der Waals surface area contributed by atoms with Crippen molar-refractivity contribution < 1.29 is 17.9 Å². The van der Waals surface area contributed by atoms with Gasteiger partial charge in [0.05, 0.1) is 34.5 Å². The fraction of sp³-hybridized carbons (Fsp3) is 0.235. The number of nitrogens with two attached hydrogens (primary N) is 1. The van der Waals surface area contributed by atoms with Crippen molar-refractivity contribution >= 4 is 37.9 Å². The van der Waals surface area contributed by atoms with Crippen molar-refractivity contribution in [3.8, 4) is 11.5 Å². The first-order valence-corrected chi connectivity index (χ1v) is 10.2. The standard InChI is InChI=1S/C17H20BrN3O4S/c1-3-24-16-10-12(9-15(18)17(16)25-4-2)11-20-21-13-5-7-14(8-6-13)26(19,22)23/h5-11,21H,3-4H2,1-2H3,(H2,19,22,23). The van der Waals surface area contributed by atoms with Gasteiger partial charge in [-0.05, 0) is 71.7 Å². The van der Waals surface area contributed by atoms with Gasteiger partial charge in [0.2, 0.25) is 10.0 Å². The van der Waals surface area contributed by atoms with Crippen molar-refractivity contribution in [3.63, 3.8) is 0 Å². The predicted octanol–water partition coefficient (Wildman–Crippen LogP) is 3.34. The zero-order valence-electron chi connectivity index (χ0n) is 14.4. The molecule has 2 aromatic carbocycles. The van der Waals surface area contributed by atoms with Crippen LogP contribution >= 0.6 is 15.9 Å². The highest BCUT2D eigenvalue weighted by Crippen LogP contribution is 2.36. The van der Waals surface area contributed by atoms with Crippen LogP contribution in [0.5, 0.6) is 11.5 Å².